The third-order valence-corrected chi connectivity index (χ3v) is 3.66. The smallest absolute Gasteiger partial charge is 0.475 e. The number of carboxylic acid groups (broad SMARTS) is 1. The van der Waals surface area contributed by atoms with E-state index in [4.69, 9.17) is 15.6 Å². The number of hydrogen-bond donors (Lipinski definition) is 4. The summed E-state index contributed by atoms with van der Waals surface area (Å²) in [6.45, 7) is 1.75. The number of carbonyl (C=O) groups is 1. The van der Waals surface area contributed by atoms with Gasteiger partial charge in [-0.1, -0.05) is 0 Å². The van der Waals surface area contributed by atoms with Gasteiger partial charge in [0.1, 0.15) is 0 Å². The molecule has 0 amide bonds. The average Bonchev–Trinajstić information content (AvgIpc) is 2.80. The summed E-state index contributed by atoms with van der Waals surface area (Å²) in [6.07, 6.45) is -5.08. The quantitative estimate of drug-likeness (QED) is 0.446. The van der Waals surface area contributed by atoms with Crippen LogP contribution in [0.2, 0.25) is 0 Å². The Bertz CT molecular complexity index is 726. The van der Waals surface area contributed by atoms with Crippen LogP contribution in [0.25, 0.3) is 0 Å². The first kappa shape index (κ1) is 19.0. The minimum atomic E-state index is -5.08. The van der Waals surface area contributed by atoms with Crippen molar-refractivity contribution >= 4 is 34.5 Å². The van der Waals surface area contributed by atoms with Gasteiger partial charge in [-0.2, -0.15) is 13.2 Å². The normalized spacial score (nSPS) is 14.1. The fraction of sp³-hybridized carbons (Fsp3) is 0.400. The molecule has 1 aromatic rings. The van der Waals surface area contributed by atoms with E-state index in [0.717, 1.165) is 0 Å². The highest BCUT2D eigenvalue weighted by atomic mass is 127. The van der Waals surface area contributed by atoms with Gasteiger partial charge in [-0.3, -0.25) is 14.8 Å². The van der Waals surface area contributed by atoms with Gasteiger partial charge in [0.2, 0.25) is 0 Å². The number of rotatable bonds is 2. The van der Waals surface area contributed by atoms with Crippen LogP contribution in [0.3, 0.4) is 0 Å². The number of H-pyrrole nitrogens is 2. The van der Waals surface area contributed by atoms with E-state index in [-0.39, 0.29) is 5.56 Å². The summed E-state index contributed by atoms with van der Waals surface area (Å²) in [5, 5.41) is 7.12. The van der Waals surface area contributed by atoms with E-state index in [2.05, 4.69) is 15.0 Å². The molecule has 0 spiro atoms. The minimum Gasteiger partial charge on any atom is -0.475 e. The Labute approximate surface area is 139 Å². The lowest BCUT2D eigenvalue weighted by Crippen LogP contribution is -2.36. The second-order valence-electron chi connectivity index (χ2n) is 4.17. The number of alkyl halides is 3. The maximum absolute atomic E-state index is 11.4. The maximum Gasteiger partial charge on any atom is 0.490 e. The third kappa shape index (κ3) is 5.57. The van der Waals surface area contributed by atoms with Crippen molar-refractivity contribution in [2.24, 2.45) is 10.7 Å². The Balaban J connectivity index is 0.000000322. The molecule has 1 aromatic heterocycles. The van der Waals surface area contributed by atoms with Gasteiger partial charge in [-0.15, -0.1) is 0 Å². The molecular weight excluding hydrogens is 438 g/mol. The van der Waals surface area contributed by atoms with Gasteiger partial charge >= 0.3 is 17.8 Å². The number of aliphatic carboxylic acids is 1. The number of hydrogen-bond acceptors (Lipinski definition) is 6. The van der Waals surface area contributed by atoms with E-state index < -0.39 is 17.8 Å². The topological polar surface area (TPSA) is 145 Å². The largest absolute Gasteiger partial charge is 0.490 e. The Kier molecular flexibility index (Phi) is 6.17. The summed E-state index contributed by atoms with van der Waals surface area (Å²) in [6, 6.07) is 0. The predicted molar refractivity (Wildman–Crippen MR) is 81.0 cm³/mol. The molecule has 2 rings (SSSR count). The van der Waals surface area contributed by atoms with Crippen molar-refractivity contribution < 1.29 is 23.1 Å². The summed E-state index contributed by atoms with van der Waals surface area (Å²) in [4.78, 5) is 42.0. The van der Waals surface area contributed by atoms with Crippen molar-refractivity contribution in [2.45, 2.75) is 12.7 Å². The average molecular weight is 449 g/mol. The van der Waals surface area contributed by atoms with E-state index in [1.54, 1.807) is 0 Å². The molecule has 1 aliphatic rings. The van der Waals surface area contributed by atoms with Crippen LogP contribution in [0.1, 0.15) is 5.69 Å². The van der Waals surface area contributed by atoms with Crippen LogP contribution in [0.15, 0.2) is 14.6 Å². The minimum absolute atomic E-state index is 0.381. The molecule has 1 aliphatic heterocycles. The molecule has 0 unspecified atom stereocenters. The van der Waals surface area contributed by atoms with Gasteiger partial charge in [0, 0.05) is 6.54 Å². The van der Waals surface area contributed by atoms with Crippen LogP contribution >= 0.6 is 22.6 Å². The molecule has 13 heteroatoms. The lowest BCUT2D eigenvalue weighted by Gasteiger charge is -2.17. The zero-order valence-corrected chi connectivity index (χ0v) is 13.4. The number of halogens is 4. The second-order valence-corrected chi connectivity index (χ2v) is 5.24. The Morgan fingerprint density at radius 1 is 1.39 bits per heavy atom. The summed E-state index contributed by atoms with van der Waals surface area (Å²) in [7, 11) is 0. The van der Waals surface area contributed by atoms with Crippen LogP contribution < -0.4 is 17.0 Å². The predicted octanol–water partition coefficient (Wildman–Crippen LogP) is -0.569. The Morgan fingerprint density at radius 2 is 1.96 bits per heavy atom. The van der Waals surface area contributed by atoms with Crippen molar-refractivity contribution in [3.8, 4) is 0 Å². The number of guanidine groups is 1. The number of carboxylic acids is 1. The van der Waals surface area contributed by atoms with Gasteiger partial charge < -0.3 is 20.7 Å². The molecule has 0 aromatic carbocycles. The number of aromatic nitrogens is 2. The molecule has 23 heavy (non-hydrogen) atoms. The fourth-order valence-electron chi connectivity index (χ4n) is 1.48. The first-order valence-corrected chi connectivity index (χ1v) is 6.96. The summed E-state index contributed by atoms with van der Waals surface area (Å²) < 4.78 is 32.2. The molecule has 0 atom stereocenters. The molecule has 5 N–H and O–H groups in total. The molecule has 0 aliphatic carbocycles. The molecule has 0 saturated heterocycles. The van der Waals surface area contributed by atoms with Crippen LogP contribution in [-0.2, 0) is 11.3 Å². The number of nitrogens with one attached hydrogen (secondary N) is 2. The van der Waals surface area contributed by atoms with Crippen molar-refractivity contribution in [1.29, 1.82) is 0 Å². The van der Waals surface area contributed by atoms with Gasteiger partial charge in [-0.25, -0.2) is 9.59 Å². The summed E-state index contributed by atoms with van der Waals surface area (Å²) >= 11 is 1.89. The third-order valence-electron chi connectivity index (χ3n) is 2.51. The molecule has 0 saturated carbocycles. The maximum atomic E-state index is 11.4. The van der Waals surface area contributed by atoms with Crippen molar-refractivity contribution in [1.82, 2.24) is 14.9 Å². The molecule has 0 bridgehead atoms. The van der Waals surface area contributed by atoms with E-state index in [1.165, 1.54) is 0 Å². The van der Waals surface area contributed by atoms with Crippen LogP contribution in [0.5, 0.6) is 0 Å². The number of aromatic amines is 2. The lowest BCUT2D eigenvalue weighted by atomic mass is 10.3. The Hall–Kier alpha value is -2.06. The van der Waals surface area contributed by atoms with Gasteiger partial charge in [0.25, 0.3) is 5.56 Å². The van der Waals surface area contributed by atoms with Crippen molar-refractivity contribution in [2.75, 3.05) is 13.1 Å². The zero-order chi connectivity index (χ0) is 17.8. The number of nitrogens with two attached hydrogens (primary N) is 1. The van der Waals surface area contributed by atoms with E-state index in [9.17, 15) is 22.8 Å². The SMILES string of the molecule is NC1=NCCN1Cc1[nH]c(=O)[nH]c(=O)c1I.O=C(O)C(F)(F)F. The zero-order valence-electron chi connectivity index (χ0n) is 11.3. The standard InChI is InChI=1S/C8H10IN5O2.C2HF3O2/c9-5-4(12-8(16)13-6(5)15)3-14-2-1-11-7(14)10;3-2(4,5)1(6)7/h1-3H2,(H2,10,11)(H2,12,13,15,16);(H,6,7). The fourth-order valence-corrected chi connectivity index (χ4v) is 1.92. The number of nitrogens with zero attached hydrogens (tertiary/aromatic N) is 2. The van der Waals surface area contributed by atoms with Gasteiger partial charge in [0.15, 0.2) is 5.96 Å². The van der Waals surface area contributed by atoms with Gasteiger partial charge in [-0.05, 0) is 22.6 Å². The molecule has 0 radical (unpaired) electrons. The first-order chi connectivity index (χ1) is 10.5. The molecule has 0 fully saturated rings. The van der Waals surface area contributed by atoms with Crippen LogP contribution in [0.4, 0.5) is 13.2 Å². The van der Waals surface area contributed by atoms with E-state index in [0.29, 0.717) is 34.9 Å². The Morgan fingerprint density at radius 3 is 2.39 bits per heavy atom. The molecule has 2 heterocycles. The first-order valence-electron chi connectivity index (χ1n) is 5.88. The van der Waals surface area contributed by atoms with Crippen molar-refractivity contribution in [3.63, 3.8) is 0 Å². The van der Waals surface area contributed by atoms with E-state index >= 15 is 0 Å². The molecule has 128 valence electrons. The highest BCUT2D eigenvalue weighted by Crippen LogP contribution is 2.13. The summed E-state index contributed by atoms with van der Waals surface area (Å²) in [5.74, 6) is -2.32. The molecule has 9 nitrogen and oxygen atoms in total. The summed E-state index contributed by atoms with van der Waals surface area (Å²) in [5.41, 5.74) is 5.33. The monoisotopic (exact) mass is 449 g/mol. The highest BCUT2D eigenvalue weighted by Gasteiger charge is 2.38. The van der Waals surface area contributed by atoms with Gasteiger partial charge in [0.05, 0.1) is 22.4 Å². The number of aliphatic imine (C=N–C) groups is 1. The van der Waals surface area contributed by atoms with Crippen molar-refractivity contribution in [3.05, 3.63) is 30.1 Å². The second kappa shape index (κ2) is 7.47. The van der Waals surface area contributed by atoms with Crippen LogP contribution in [-0.4, -0.2) is 51.2 Å². The van der Waals surface area contributed by atoms with E-state index in [1.807, 2.05) is 27.5 Å². The van der Waals surface area contributed by atoms with Crippen LogP contribution in [0, 0.1) is 3.57 Å². The highest BCUT2D eigenvalue weighted by molar-refractivity contribution is 14.1. The molecular formula is C10H11F3IN5O4. The lowest BCUT2D eigenvalue weighted by molar-refractivity contribution is -0.192.